The number of ether oxygens (including phenoxy) is 1. The van der Waals surface area contributed by atoms with E-state index in [2.05, 4.69) is 25.6 Å². The third-order valence-electron chi connectivity index (χ3n) is 4.80. The Bertz CT molecular complexity index is 1150. The molecular formula is C20H25N7O2. The maximum atomic E-state index is 12.0. The summed E-state index contributed by atoms with van der Waals surface area (Å²) in [5, 5.41) is 17.1. The van der Waals surface area contributed by atoms with Crippen molar-refractivity contribution in [2.75, 3.05) is 19.8 Å². The van der Waals surface area contributed by atoms with Crippen molar-refractivity contribution in [3.8, 4) is 0 Å². The van der Waals surface area contributed by atoms with Crippen molar-refractivity contribution < 1.29 is 9.53 Å². The molecule has 0 unspecified atom stereocenters. The van der Waals surface area contributed by atoms with Crippen LogP contribution < -0.4 is 5.32 Å². The number of nitrogens with one attached hydrogen (secondary N) is 1. The summed E-state index contributed by atoms with van der Waals surface area (Å²) in [4.78, 5) is 16.6. The zero-order valence-corrected chi connectivity index (χ0v) is 16.8. The van der Waals surface area contributed by atoms with E-state index in [1.165, 1.54) is 0 Å². The Morgan fingerprint density at radius 1 is 1.21 bits per heavy atom. The first kappa shape index (κ1) is 19.3. The molecule has 0 saturated heterocycles. The fourth-order valence-electron chi connectivity index (χ4n) is 3.48. The zero-order chi connectivity index (χ0) is 20.2. The summed E-state index contributed by atoms with van der Waals surface area (Å²) < 4.78 is 9.02. The average Bonchev–Trinajstić information content (AvgIpc) is 3.31. The molecule has 0 aliphatic heterocycles. The molecule has 3 heterocycles. The minimum atomic E-state index is 0.0504. The van der Waals surface area contributed by atoms with E-state index < -0.39 is 0 Å². The van der Waals surface area contributed by atoms with Gasteiger partial charge in [-0.2, -0.15) is 4.52 Å². The van der Waals surface area contributed by atoms with Gasteiger partial charge in [-0.1, -0.05) is 12.1 Å². The predicted molar refractivity (Wildman–Crippen MR) is 109 cm³/mol. The first-order chi connectivity index (χ1) is 14.2. The number of nitrogens with zero attached hydrogens (tertiary/aromatic N) is 6. The SMILES string of the molecule is CCOCCCNC(=O)CCCc1nnc2n3nc(C)nc3c3ccccc3n12. The molecule has 152 valence electrons. The first-order valence-electron chi connectivity index (χ1n) is 10.0. The average molecular weight is 395 g/mol. The summed E-state index contributed by atoms with van der Waals surface area (Å²) in [5.74, 6) is 2.19. The highest BCUT2D eigenvalue weighted by Crippen LogP contribution is 2.22. The number of carbonyl (C=O) groups is 1. The molecule has 0 aliphatic carbocycles. The van der Waals surface area contributed by atoms with Gasteiger partial charge in [0, 0.05) is 38.0 Å². The molecule has 4 rings (SSSR count). The van der Waals surface area contributed by atoms with Gasteiger partial charge in [0.1, 0.15) is 11.6 Å². The monoisotopic (exact) mass is 395 g/mol. The lowest BCUT2D eigenvalue weighted by Gasteiger charge is -2.07. The molecular weight excluding hydrogens is 370 g/mol. The second kappa shape index (κ2) is 8.52. The van der Waals surface area contributed by atoms with Gasteiger partial charge >= 0.3 is 0 Å². The fourth-order valence-corrected chi connectivity index (χ4v) is 3.48. The van der Waals surface area contributed by atoms with Crippen LogP contribution >= 0.6 is 0 Å². The quantitative estimate of drug-likeness (QED) is 0.436. The van der Waals surface area contributed by atoms with Crippen LogP contribution in [0.15, 0.2) is 24.3 Å². The second-order valence-electron chi connectivity index (χ2n) is 6.92. The van der Waals surface area contributed by atoms with Crippen LogP contribution in [0.5, 0.6) is 0 Å². The lowest BCUT2D eigenvalue weighted by atomic mass is 10.2. The molecule has 0 spiro atoms. The number of para-hydroxylation sites is 1. The molecule has 0 aliphatic rings. The Hall–Kier alpha value is -3.07. The zero-order valence-electron chi connectivity index (χ0n) is 16.8. The Morgan fingerprint density at radius 2 is 2.07 bits per heavy atom. The molecule has 0 radical (unpaired) electrons. The van der Waals surface area contributed by atoms with E-state index in [1.807, 2.05) is 42.5 Å². The van der Waals surface area contributed by atoms with Gasteiger partial charge in [0.05, 0.1) is 5.52 Å². The van der Waals surface area contributed by atoms with Crippen molar-refractivity contribution in [1.29, 1.82) is 0 Å². The Labute approximate surface area is 168 Å². The molecule has 1 amide bonds. The van der Waals surface area contributed by atoms with E-state index in [9.17, 15) is 4.79 Å². The number of hydrogen-bond donors (Lipinski definition) is 1. The van der Waals surface area contributed by atoms with Crippen molar-refractivity contribution in [2.24, 2.45) is 0 Å². The van der Waals surface area contributed by atoms with Crippen LogP contribution in [0.1, 0.15) is 37.8 Å². The van der Waals surface area contributed by atoms with Gasteiger partial charge < -0.3 is 10.1 Å². The maximum absolute atomic E-state index is 12.0. The Balaban J connectivity index is 1.50. The van der Waals surface area contributed by atoms with Gasteiger partial charge in [-0.25, -0.2) is 4.98 Å². The third kappa shape index (κ3) is 3.91. The molecule has 9 nitrogen and oxygen atoms in total. The van der Waals surface area contributed by atoms with Crippen molar-refractivity contribution in [3.05, 3.63) is 35.9 Å². The lowest BCUT2D eigenvalue weighted by molar-refractivity contribution is -0.121. The van der Waals surface area contributed by atoms with Crippen LogP contribution in [0.25, 0.3) is 22.3 Å². The normalized spacial score (nSPS) is 11.7. The number of carbonyl (C=O) groups excluding carboxylic acids is 1. The Morgan fingerprint density at radius 3 is 2.93 bits per heavy atom. The smallest absolute Gasteiger partial charge is 0.258 e. The van der Waals surface area contributed by atoms with Gasteiger partial charge in [0.2, 0.25) is 5.91 Å². The number of hydrogen-bond acceptors (Lipinski definition) is 6. The lowest BCUT2D eigenvalue weighted by Crippen LogP contribution is -2.25. The van der Waals surface area contributed by atoms with Crippen LogP contribution in [0, 0.1) is 6.92 Å². The highest BCUT2D eigenvalue weighted by molar-refractivity contribution is 5.93. The van der Waals surface area contributed by atoms with E-state index in [-0.39, 0.29) is 5.91 Å². The summed E-state index contributed by atoms with van der Waals surface area (Å²) in [6.45, 7) is 5.84. The van der Waals surface area contributed by atoms with Crippen LogP contribution in [0.3, 0.4) is 0 Å². The van der Waals surface area contributed by atoms with E-state index in [0.29, 0.717) is 50.6 Å². The summed E-state index contributed by atoms with van der Waals surface area (Å²) in [5.41, 5.74) is 1.76. The minimum Gasteiger partial charge on any atom is -0.382 e. The highest BCUT2D eigenvalue weighted by atomic mass is 16.5. The molecule has 3 aromatic heterocycles. The van der Waals surface area contributed by atoms with Crippen molar-refractivity contribution >= 4 is 28.2 Å². The minimum absolute atomic E-state index is 0.0504. The number of aromatic nitrogens is 6. The number of rotatable bonds is 9. The summed E-state index contributed by atoms with van der Waals surface area (Å²) in [7, 11) is 0. The van der Waals surface area contributed by atoms with Crippen LogP contribution in [-0.2, 0) is 16.0 Å². The first-order valence-corrected chi connectivity index (χ1v) is 10.0. The van der Waals surface area contributed by atoms with Gasteiger partial charge in [0.25, 0.3) is 5.78 Å². The topological polar surface area (TPSA) is 98.7 Å². The van der Waals surface area contributed by atoms with Crippen molar-refractivity contribution in [2.45, 2.75) is 39.5 Å². The largest absolute Gasteiger partial charge is 0.382 e. The molecule has 0 fully saturated rings. The maximum Gasteiger partial charge on any atom is 0.258 e. The predicted octanol–water partition coefficient (Wildman–Crippen LogP) is 2.10. The van der Waals surface area contributed by atoms with E-state index in [0.717, 1.165) is 28.8 Å². The third-order valence-corrected chi connectivity index (χ3v) is 4.80. The fraction of sp³-hybridized carbons (Fsp3) is 0.450. The van der Waals surface area contributed by atoms with E-state index >= 15 is 0 Å². The summed E-state index contributed by atoms with van der Waals surface area (Å²) in [6, 6.07) is 8.03. The summed E-state index contributed by atoms with van der Waals surface area (Å²) >= 11 is 0. The number of amides is 1. The second-order valence-corrected chi connectivity index (χ2v) is 6.92. The van der Waals surface area contributed by atoms with E-state index in [1.54, 1.807) is 4.52 Å². The molecule has 4 aromatic rings. The van der Waals surface area contributed by atoms with Crippen LogP contribution in [0.4, 0.5) is 0 Å². The van der Waals surface area contributed by atoms with E-state index in [4.69, 9.17) is 4.74 Å². The van der Waals surface area contributed by atoms with Gasteiger partial charge in [-0.3, -0.25) is 9.20 Å². The highest BCUT2D eigenvalue weighted by Gasteiger charge is 2.16. The molecule has 9 heteroatoms. The number of aryl methyl sites for hydroxylation is 2. The molecule has 29 heavy (non-hydrogen) atoms. The Kier molecular flexibility index (Phi) is 5.66. The molecule has 1 N–H and O–H groups in total. The van der Waals surface area contributed by atoms with Gasteiger partial charge in [-0.05, 0) is 38.8 Å². The van der Waals surface area contributed by atoms with Crippen LogP contribution in [0.2, 0.25) is 0 Å². The number of benzene rings is 1. The van der Waals surface area contributed by atoms with Gasteiger partial charge in [0.15, 0.2) is 5.65 Å². The number of fused-ring (bicyclic) bond motifs is 6. The van der Waals surface area contributed by atoms with Crippen molar-refractivity contribution in [1.82, 2.24) is 34.5 Å². The molecule has 0 bridgehead atoms. The molecule has 0 saturated carbocycles. The van der Waals surface area contributed by atoms with Gasteiger partial charge in [-0.15, -0.1) is 15.3 Å². The summed E-state index contributed by atoms with van der Waals surface area (Å²) in [6.07, 6.45) is 2.62. The molecule has 0 atom stereocenters. The van der Waals surface area contributed by atoms with Crippen LogP contribution in [-0.4, -0.2) is 54.9 Å². The van der Waals surface area contributed by atoms with Crippen molar-refractivity contribution in [3.63, 3.8) is 0 Å². The standard InChI is InChI=1S/C20H25N7O2/c1-3-29-13-7-12-21-18(28)11-6-10-17-23-24-20-26(17)16-9-5-4-8-15(16)19-22-14(2)25-27(19)20/h4-5,8-9H,3,6-7,10-13H2,1-2H3,(H,21,28). The molecule has 1 aromatic carbocycles.